The number of nitrogens with one attached hydrogen (secondary N) is 2. The van der Waals surface area contributed by atoms with Gasteiger partial charge in [-0.2, -0.15) is 0 Å². The van der Waals surface area contributed by atoms with Gasteiger partial charge in [-0.25, -0.2) is 0 Å². The molecule has 0 saturated heterocycles. The highest BCUT2D eigenvalue weighted by Crippen LogP contribution is 2.20. The van der Waals surface area contributed by atoms with Crippen LogP contribution in [0.2, 0.25) is 0 Å². The van der Waals surface area contributed by atoms with Crippen LogP contribution >= 0.6 is 0 Å². The molecule has 0 aliphatic carbocycles. The van der Waals surface area contributed by atoms with Gasteiger partial charge in [0.25, 0.3) is 0 Å². The number of hydrogen-bond donors (Lipinski definition) is 2. The zero-order valence-corrected chi connectivity index (χ0v) is 11.7. The zero-order chi connectivity index (χ0) is 15.5. The van der Waals surface area contributed by atoms with E-state index in [4.69, 9.17) is 4.52 Å². The molecule has 0 radical (unpaired) electrons. The Morgan fingerprint density at radius 3 is 2.64 bits per heavy atom. The monoisotopic (exact) mass is 296 g/mol. The molecule has 3 aromatic rings. The molecule has 2 amide bonds. The molecule has 2 aromatic heterocycles. The van der Waals surface area contributed by atoms with Crippen LogP contribution in [0.4, 0.5) is 11.5 Å². The lowest BCUT2D eigenvalue weighted by Crippen LogP contribution is -2.29. The second-order valence-electron chi connectivity index (χ2n) is 4.61. The molecule has 7 nitrogen and oxygen atoms in total. The van der Waals surface area contributed by atoms with E-state index >= 15 is 0 Å². The molecule has 2 heterocycles. The summed E-state index contributed by atoms with van der Waals surface area (Å²) >= 11 is 0. The lowest BCUT2D eigenvalue weighted by atomic mass is 10.2. The van der Waals surface area contributed by atoms with Crippen molar-refractivity contribution in [3.05, 3.63) is 48.4 Å². The van der Waals surface area contributed by atoms with Crippen molar-refractivity contribution in [3.8, 4) is 0 Å². The standard InChI is InChI=1S/C15H12N4O3/c1-9-8-12(19-22-9)18-15(21)14(20)17-11-6-2-4-10-5-3-7-16-13(10)11/h2-8H,1H3,(H,17,20)(H,18,19,21). The summed E-state index contributed by atoms with van der Waals surface area (Å²) in [4.78, 5) is 28.0. The molecule has 0 saturated carbocycles. The minimum atomic E-state index is -0.832. The van der Waals surface area contributed by atoms with Crippen LogP contribution in [0.25, 0.3) is 10.9 Å². The predicted molar refractivity (Wildman–Crippen MR) is 80.2 cm³/mol. The van der Waals surface area contributed by atoms with Gasteiger partial charge in [-0.3, -0.25) is 19.9 Å². The summed E-state index contributed by atoms with van der Waals surface area (Å²) in [6.45, 7) is 1.69. The van der Waals surface area contributed by atoms with Gasteiger partial charge in [0.1, 0.15) is 5.76 Å². The SMILES string of the molecule is Cc1cc(NC(=O)C(=O)Nc2cccc3cccnc23)no1. The molecule has 0 aliphatic heterocycles. The number of anilines is 2. The van der Waals surface area contributed by atoms with Crippen molar-refractivity contribution in [2.24, 2.45) is 0 Å². The lowest BCUT2D eigenvalue weighted by molar-refractivity contribution is -0.133. The molecule has 0 spiro atoms. The summed E-state index contributed by atoms with van der Waals surface area (Å²) in [5, 5.41) is 9.36. The number of aromatic nitrogens is 2. The second kappa shape index (κ2) is 5.65. The molecule has 110 valence electrons. The first-order valence-corrected chi connectivity index (χ1v) is 6.53. The summed E-state index contributed by atoms with van der Waals surface area (Å²) in [6.07, 6.45) is 1.62. The molecular formula is C15H12N4O3. The maximum Gasteiger partial charge on any atom is 0.315 e. The number of amides is 2. The number of aryl methyl sites for hydroxylation is 1. The van der Waals surface area contributed by atoms with Crippen molar-refractivity contribution in [3.63, 3.8) is 0 Å². The highest BCUT2D eigenvalue weighted by molar-refractivity contribution is 6.44. The van der Waals surface area contributed by atoms with Gasteiger partial charge in [0.05, 0.1) is 11.2 Å². The molecule has 7 heteroatoms. The van der Waals surface area contributed by atoms with Gasteiger partial charge >= 0.3 is 11.8 Å². The van der Waals surface area contributed by atoms with Crippen LogP contribution in [0.3, 0.4) is 0 Å². The molecule has 1 aromatic carbocycles. The first-order chi connectivity index (χ1) is 10.6. The maximum atomic E-state index is 12.0. The van der Waals surface area contributed by atoms with E-state index in [0.29, 0.717) is 17.0 Å². The molecule has 0 unspecified atom stereocenters. The fraction of sp³-hybridized carbons (Fsp3) is 0.0667. The Morgan fingerprint density at radius 1 is 1.09 bits per heavy atom. The van der Waals surface area contributed by atoms with E-state index in [1.54, 1.807) is 31.3 Å². The molecule has 3 rings (SSSR count). The fourth-order valence-corrected chi connectivity index (χ4v) is 1.98. The quantitative estimate of drug-likeness (QED) is 0.706. The van der Waals surface area contributed by atoms with E-state index in [-0.39, 0.29) is 5.82 Å². The second-order valence-corrected chi connectivity index (χ2v) is 4.61. The van der Waals surface area contributed by atoms with Crippen LogP contribution in [0, 0.1) is 6.92 Å². The van der Waals surface area contributed by atoms with E-state index in [0.717, 1.165) is 5.39 Å². The number of hydrogen-bond acceptors (Lipinski definition) is 5. The largest absolute Gasteiger partial charge is 0.360 e. The number of rotatable bonds is 2. The Morgan fingerprint density at radius 2 is 1.86 bits per heavy atom. The van der Waals surface area contributed by atoms with Crippen LogP contribution < -0.4 is 10.6 Å². The van der Waals surface area contributed by atoms with Crippen molar-refractivity contribution >= 4 is 34.2 Å². The number of nitrogens with zero attached hydrogens (tertiary/aromatic N) is 2. The summed E-state index contributed by atoms with van der Waals surface area (Å²) in [7, 11) is 0. The normalized spacial score (nSPS) is 10.4. The van der Waals surface area contributed by atoms with Gasteiger partial charge in [-0.1, -0.05) is 23.4 Å². The van der Waals surface area contributed by atoms with Crippen LogP contribution in [0.15, 0.2) is 47.1 Å². The van der Waals surface area contributed by atoms with E-state index in [9.17, 15) is 9.59 Å². The summed E-state index contributed by atoms with van der Waals surface area (Å²) in [5.74, 6) is -0.914. The molecule has 0 bridgehead atoms. The minimum Gasteiger partial charge on any atom is -0.360 e. The van der Waals surface area contributed by atoms with Crippen LogP contribution in [0.1, 0.15) is 5.76 Å². The average Bonchev–Trinajstić information content (AvgIpc) is 2.92. The van der Waals surface area contributed by atoms with E-state index in [1.165, 1.54) is 6.07 Å². The summed E-state index contributed by atoms with van der Waals surface area (Å²) in [6, 6.07) is 10.5. The predicted octanol–water partition coefficient (Wildman–Crippen LogP) is 2.11. The lowest BCUT2D eigenvalue weighted by Gasteiger charge is -2.07. The smallest absolute Gasteiger partial charge is 0.315 e. The third-order valence-electron chi connectivity index (χ3n) is 2.96. The van der Waals surface area contributed by atoms with Crippen LogP contribution in [-0.4, -0.2) is 22.0 Å². The van der Waals surface area contributed by atoms with E-state index in [1.807, 2.05) is 12.1 Å². The first kappa shape index (κ1) is 13.7. The van der Waals surface area contributed by atoms with Crippen molar-refractivity contribution in [1.29, 1.82) is 0 Å². The Hall–Kier alpha value is -3.22. The fourth-order valence-electron chi connectivity index (χ4n) is 1.98. The number of fused-ring (bicyclic) bond motifs is 1. The molecule has 2 N–H and O–H groups in total. The third kappa shape index (κ3) is 2.78. The Balaban J connectivity index is 1.76. The Labute approximate surface area is 125 Å². The van der Waals surface area contributed by atoms with E-state index < -0.39 is 11.8 Å². The van der Waals surface area contributed by atoms with Gasteiger partial charge < -0.3 is 9.84 Å². The molecule has 0 aliphatic rings. The first-order valence-electron chi connectivity index (χ1n) is 6.53. The molecule has 22 heavy (non-hydrogen) atoms. The number of carbonyl (C=O) groups excluding carboxylic acids is 2. The average molecular weight is 296 g/mol. The van der Waals surface area contributed by atoms with Gasteiger partial charge in [0.2, 0.25) is 0 Å². The van der Waals surface area contributed by atoms with Crippen LogP contribution in [0.5, 0.6) is 0 Å². The van der Waals surface area contributed by atoms with Gasteiger partial charge in [0, 0.05) is 17.6 Å². The van der Waals surface area contributed by atoms with Gasteiger partial charge in [0.15, 0.2) is 5.82 Å². The van der Waals surface area contributed by atoms with Gasteiger partial charge in [-0.05, 0) is 19.1 Å². The van der Waals surface area contributed by atoms with E-state index in [2.05, 4.69) is 20.8 Å². The molecular weight excluding hydrogens is 284 g/mol. The summed E-state index contributed by atoms with van der Waals surface area (Å²) in [5.41, 5.74) is 1.08. The molecule has 0 atom stereocenters. The molecule has 0 fully saturated rings. The van der Waals surface area contributed by atoms with Crippen molar-refractivity contribution in [2.75, 3.05) is 10.6 Å². The Bertz CT molecular complexity index is 851. The maximum absolute atomic E-state index is 12.0. The third-order valence-corrected chi connectivity index (χ3v) is 2.96. The topological polar surface area (TPSA) is 97.1 Å². The van der Waals surface area contributed by atoms with Crippen molar-refractivity contribution < 1.29 is 14.1 Å². The number of pyridine rings is 1. The Kier molecular flexibility index (Phi) is 3.53. The highest BCUT2D eigenvalue weighted by atomic mass is 16.5. The highest BCUT2D eigenvalue weighted by Gasteiger charge is 2.16. The van der Waals surface area contributed by atoms with Crippen LogP contribution in [-0.2, 0) is 9.59 Å². The summed E-state index contributed by atoms with van der Waals surface area (Å²) < 4.78 is 4.81. The number of para-hydroxylation sites is 1. The zero-order valence-electron chi connectivity index (χ0n) is 11.7. The number of benzene rings is 1. The van der Waals surface area contributed by atoms with Gasteiger partial charge in [-0.15, -0.1) is 0 Å². The minimum absolute atomic E-state index is 0.189. The number of carbonyl (C=O) groups is 2. The van der Waals surface area contributed by atoms with Crippen molar-refractivity contribution in [1.82, 2.24) is 10.1 Å². The van der Waals surface area contributed by atoms with Crippen molar-refractivity contribution in [2.45, 2.75) is 6.92 Å².